The number of nitrogens with two attached hydrogens (primary N) is 1. The van der Waals surface area contributed by atoms with Crippen molar-refractivity contribution in [1.29, 1.82) is 0 Å². The number of aliphatic carboxylic acids is 2. The Morgan fingerprint density at radius 2 is 2.07 bits per heavy atom. The van der Waals surface area contributed by atoms with Crippen molar-refractivity contribution in [2.45, 2.75) is 18.9 Å². The van der Waals surface area contributed by atoms with Gasteiger partial charge in [-0.05, 0) is 24.0 Å². The zero-order chi connectivity index (χ0) is 11.4. The van der Waals surface area contributed by atoms with E-state index in [0.717, 1.165) is 12.2 Å². The van der Waals surface area contributed by atoms with E-state index in [0.29, 0.717) is 11.7 Å². The van der Waals surface area contributed by atoms with Crippen molar-refractivity contribution >= 4 is 23.7 Å². The Balaban J connectivity index is 2.03. The summed E-state index contributed by atoms with van der Waals surface area (Å²) in [5.41, 5.74) is 5.32. The predicted molar refractivity (Wildman–Crippen MR) is 56.8 cm³/mol. The van der Waals surface area contributed by atoms with Crippen LogP contribution in [0.15, 0.2) is 0 Å². The van der Waals surface area contributed by atoms with Crippen LogP contribution < -0.4 is 5.73 Å². The van der Waals surface area contributed by atoms with Crippen LogP contribution in [0.1, 0.15) is 12.8 Å². The van der Waals surface area contributed by atoms with E-state index >= 15 is 0 Å². The van der Waals surface area contributed by atoms with E-state index in [-0.39, 0.29) is 12.3 Å². The van der Waals surface area contributed by atoms with E-state index in [1.807, 2.05) is 0 Å². The van der Waals surface area contributed by atoms with Gasteiger partial charge in [-0.15, -0.1) is 0 Å². The summed E-state index contributed by atoms with van der Waals surface area (Å²) in [7, 11) is 0. The second-order valence-corrected chi connectivity index (χ2v) is 4.91. The average Bonchev–Trinajstić information content (AvgIpc) is 2.82. The molecule has 1 aliphatic carbocycles. The standard InChI is InChI=1S/C9H15NO4S/c10-7(9(13)14)4-15-3-6-1-5(6)2-8(11)12/h5-7H,1-4,10H2,(H,11,12)(H,13,14). The Hall–Kier alpha value is -0.750. The van der Waals surface area contributed by atoms with Crippen LogP contribution in [0.25, 0.3) is 0 Å². The van der Waals surface area contributed by atoms with E-state index < -0.39 is 18.0 Å². The summed E-state index contributed by atoms with van der Waals surface area (Å²) in [6.45, 7) is 0. The van der Waals surface area contributed by atoms with Crippen molar-refractivity contribution in [3.05, 3.63) is 0 Å². The first kappa shape index (κ1) is 12.3. The maximum Gasteiger partial charge on any atom is 0.321 e. The fraction of sp³-hybridized carbons (Fsp3) is 0.778. The van der Waals surface area contributed by atoms with Crippen LogP contribution in [0, 0.1) is 11.8 Å². The van der Waals surface area contributed by atoms with E-state index in [9.17, 15) is 9.59 Å². The van der Waals surface area contributed by atoms with E-state index in [2.05, 4.69) is 0 Å². The second kappa shape index (κ2) is 5.37. The molecule has 0 aromatic rings. The lowest BCUT2D eigenvalue weighted by Gasteiger charge is -2.04. The van der Waals surface area contributed by atoms with Crippen molar-refractivity contribution < 1.29 is 19.8 Å². The SMILES string of the molecule is NC(CSCC1CC1CC(=O)O)C(=O)O. The van der Waals surface area contributed by atoms with Gasteiger partial charge in [0.15, 0.2) is 0 Å². The van der Waals surface area contributed by atoms with Gasteiger partial charge in [0.2, 0.25) is 0 Å². The Bertz CT molecular complexity index is 258. The highest BCUT2D eigenvalue weighted by atomic mass is 32.2. The summed E-state index contributed by atoms with van der Waals surface area (Å²) in [6.07, 6.45) is 1.18. The number of carboxylic acid groups (broad SMARTS) is 2. The molecule has 0 amide bonds. The molecule has 3 unspecified atom stereocenters. The van der Waals surface area contributed by atoms with Gasteiger partial charge in [-0.2, -0.15) is 11.8 Å². The highest BCUT2D eigenvalue weighted by Crippen LogP contribution is 2.43. The molecule has 1 aliphatic rings. The first-order valence-electron chi connectivity index (χ1n) is 4.78. The van der Waals surface area contributed by atoms with Gasteiger partial charge >= 0.3 is 11.9 Å². The van der Waals surface area contributed by atoms with Gasteiger partial charge in [0, 0.05) is 12.2 Å². The monoisotopic (exact) mass is 233 g/mol. The van der Waals surface area contributed by atoms with Crippen molar-refractivity contribution in [2.75, 3.05) is 11.5 Å². The van der Waals surface area contributed by atoms with Crippen molar-refractivity contribution in [3.8, 4) is 0 Å². The molecular weight excluding hydrogens is 218 g/mol. The fourth-order valence-electron chi connectivity index (χ4n) is 1.41. The molecule has 4 N–H and O–H groups in total. The number of carbonyl (C=O) groups is 2. The lowest BCUT2D eigenvalue weighted by atomic mass is 10.2. The number of rotatable bonds is 7. The van der Waals surface area contributed by atoms with Gasteiger partial charge in [0.05, 0.1) is 0 Å². The molecule has 5 nitrogen and oxygen atoms in total. The van der Waals surface area contributed by atoms with Gasteiger partial charge in [-0.3, -0.25) is 9.59 Å². The molecule has 0 spiro atoms. The third-order valence-electron chi connectivity index (χ3n) is 2.45. The maximum atomic E-state index is 10.4. The van der Waals surface area contributed by atoms with Crippen molar-refractivity contribution in [2.24, 2.45) is 17.6 Å². The van der Waals surface area contributed by atoms with Crippen LogP contribution in [0.4, 0.5) is 0 Å². The number of hydrogen-bond acceptors (Lipinski definition) is 4. The fourth-order valence-corrected chi connectivity index (χ4v) is 2.65. The molecule has 0 radical (unpaired) electrons. The Kier molecular flexibility index (Phi) is 4.41. The molecule has 1 saturated carbocycles. The van der Waals surface area contributed by atoms with Gasteiger partial charge in [0.1, 0.15) is 6.04 Å². The average molecular weight is 233 g/mol. The van der Waals surface area contributed by atoms with E-state index in [1.165, 1.54) is 11.8 Å². The molecule has 6 heteroatoms. The van der Waals surface area contributed by atoms with Crippen molar-refractivity contribution in [3.63, 3.8) is 0 Å². The van der Waals surface area contributed by atoms with Crippen LogP contribution in [0.2, 0.25) is 0 Å². The summed E-state index contributed by atoms with van der Waals surface area (Å²) in [5.74, 6) is 0.197. The van der Waals surface area contributed by atoms with Gasteiger partial charge in [0.25, 0.3) is 0 Å². The number of thioether (sulfide) groups is 1. The number of carboxylic acids is 2. The smallest absolute Gasteiger partial charge is 0.321 e. The molecule has 0 aromatic carbocycles. The molecule has 86 valence electrons. The lowest BCUT2D eigenvalue weighted by molar-refractivity contribution is -0.138. The van der Waals surface area contributed by atoms with Crippen LogP contribution >= 0.6 is 11.8 Å². The quantitative estimate of drug-likeness (QED) is 0.582. The molecule has 0 saturated heterocycles. The molecule has 0 aromatic heterocycles. The number of hydrogen-bond donors (Lipinski definition) is 3. The topological polar surface area (TPSA) is 101 Å². The molecule has 3 atom stereocenters. The van der Waals surface area contributed by atoms with E-state index in [1.54, 1.807) is 0 Å². The summed E-state index contributed by atoms with van der Waals surface area (Å²) < 4.78 is 0. The Morgan fingerprint density at radius 3 is 2.60 bits per heavy atom. The normalized spacial score (nSPS) is 25.9. The predicted octanol–water partition coefficient (Wildman–Crippen LogP) is 0.242. The first-order chi connectivity index (χ1) is 7.00. The highest BCUT2D eigenvalue weighted by Gasteiger charge is 2.38. The van der Waals surface area contributed by atoms with Gasteiger partial charge < -0.3 is 15.9 Å². The molecule has 1 fully saturated rings. The maximum absolute atomic E-state index is 10.4. The van der Waals surface area contributed by atoms with E-state index in [4.69, 9.17) is 15.9 Å². The molecule has 0 bridgehead atoms. The summed E-state index contributed by atoms with van der Waals surface area (Å²) in [4.78, 5) is 20.7. The highest BCUT2D eigenvalue weighted by molar-refractivity contribution is 7.99. The van der Waals surface area contributed by atoms with Gasteiger partial charge in [-0.25, -0.2) is 0 Å². The minimum Gasteiger partial charge on any atom is -0.481 e. The third-order valence-corrected chi connectivity index (χ3v) is 3.71. The minimum atomic E-state index is -0.986. The summed E-state index contributed by atoms with van der Waals surface area (Å²) in [5, 5.41) is 17.0. The third kappa shape index (κ3) is 4.53. The largest absolute Gasteiger partial charge is 0.481 e. The Labute approximate surface area is 92.0 Å². The second-order valence-electron chi connectivity index (χ2n) is 3.84. The minimum absolute atomic E-state index is 0.232. The molecule has 15 heavy (non-hydrogen) atoms. The van der Waals surface area contributed by atoms with Crippen LogP contribution in [0.5, 0.6) is 0 Å². The van der Waals surface area contributed by atoms with Gasteiger partial charge in [-0.1, -0.05) is 0 Å². The van der Waals surface area contributed by atoms with Crippen LogP contribution in [0.3, 0.4) is 0 Å². The van der Waals surface area contributed by atoms with Crippen molar-refractivity contribution in [1.82, 2.24) is 0 Å². The van der Waals surface area contributed by atoms with Crippen LogP contribution in [-0.4, -0.2) is 39.7 Å². The Morgan fingerprint density at radius 1 is 1.40 bits per heavy atom. The molecule has 0 aliphatic heterocycles. The molecule has 0 heterocycles. The zero-order valence-electron chi connectivity index (χ0n) is 8.26. The summed E-state index contributed by atoms with van der Waals surface area (Å²) in [6, 6.07) is -0.813. The zero-order valence-corrected chi connectivity index (χ0v) is 9.07. The lowest BCUT2D eigenvalue weighted by Crippen LogP contribution is -2.32. The molecular formula is C9H15NO4S. The first-order valence-corrected chi connectivity index (χ1v) is 5.94. The summed E-state index contributed by atoms with van der Waals surface area (Å²) >= 11 is 1.49. The molecule has 1 rings (SSSR count). The van der Waals surface area contributed by atoms with Crippen LogP contribution in [-0.2, 0) is 9.59 Å².